The average Bonchev–Trinajstić information content (AvgIpc) is 3.39. The number of likely N-dealkylation sites (tertiary alicyclic amines) is 1. The lowest BCUT2D eigenvalue weighted by atomic mass is 9.91. The maximum Gasteiger partial charge on any atom is 0.416 e. The second-order valence-electron chi connectivity index (χ2n) is 8.09. The molecule has 3 heterocycles. The normalized spacial score (nSPS) is 24.2. The van der Waals surface area contributed by atoms with E-state index in [0.717, 1.165) is 5.39 Å². The zero-order valence-electron chi connectivity index (χ0n) is 15.6. The lowest BCUT2D eigenvalue weighted by Gasteiger charge is -2.21. The Labute approximate surface area is 165 Å². The van der Waals surface area contributed by atoms with Crippen molar-refractivity contribution in [2.75, 3.05) is 13.1 Å². The summed E-state index contributed by atoms with van der Waals surface area (Å²) in [5, 5.41) is 0.798. The van der Waals surface area contributed by atoms with Crippen molar-refractivity contribution >= 4 is 16.9 Å². The average molecular weight is 399 g/mol. The number of hydrogen-bond donors (Lipinski definition) is 1. The number of pyridine rings is 1. The minimum Gasteiger partial charge on any atom is -0.345 e. The van der Waals surface area contributed by atoms with E-state index < -0.39 is 11.7 Å². The van der Waals surface area contributed by atoms with Crippen molar-refractivity contribution in [1.29, 1.82) is 0 Å². The first-order chi connectivity index (χ1) is 13.9. The maximum atomic E-state index is 13.4. The van der Waals surface area contributed by atoms with Crippen molar-refractivity contribution in [3.8, 4) is 0 Å². The molecule has 29 heavy (non-hydrogen) atoms. The summed E-state index contributed by atoms with van der Waals surface area (Å²) in [6, 6.07) is 9.57. The first-order valence-corrected chi connectivity index (χ1v) is 9.79. The summed E-state index contributed by atoms with van der Waals surface area (Å²) < 4.78 is 40.2. The van der Waals surface area contributed by atoms with Crippen LogP contribution in [0.4, 0.5) is 13.2 Å². The molecule has 1 saturated heterocycles. The van der Waals surface area contributed by atoms with Gasteiger partial charge in [0.15, 0.2) is 0 Å². The lowest BCUT2D eigenvalue weighted by Crippen LogP contribution is -2.29. The van der Waals surface area contributed by atoms with E-state index in [-0.39, 0.29) is 23.7 Å². The zero-order chi connectivity index (χ0) is 20.2. The minimum absolute atomic E-state index is 0.0362. The number of carbonyl (C=O) groups is 1. The summed E-state index contributed by atoms with van der Waals surface area (Å²) in [6.45, 7) is 1.20. The topological polar surface area (TPSA) is 49.0 Å². The number of alkyl halides is 3. The predicted octanol–water partition coefficient (Wildman–Crippen LogP) is 4.85. The van der Waals surface area contributed by atoms with E-state index >= 15 is 0 Å². The maximum absolute atomic E-state index is 13.4. The number of carbonyl (C=O) groups excluding carboxylic acids is 1. The number of H-pyrrole nitrogens is 1. The number of nitrogens with one attached hydrogen (secondary N) is 1. The highest BCUT2D eigenvalue weighted by atomic mass is 19.4. The number of halogens is 3. The van der Waals surface area contributed by atoms with Crippen molar-refractivity contribution in [3.05, 3.63) is 65.5 Å². The van der Waals surface area contributed by atoms with Gasteiger partial charge in [0, 0.05) is 30.9 Å². The number of aromatic amines is 1. The number of hydrogen-bond acceptors (Lipinski definition) is 2. The number of nitrogens with zero attached hydrogens (tertiary/aromatic N) is 2. The summed E-state index contributed by atoms with van der Waals surface area (Å²) in [6.07, 6.45) is 0.413. The largest absolute Gasteiger partial charge is 0.416 e. The van der Waals surface area contributed by atoms with E-state index in [9.17, 15) is 18.0 Å². The van der Waals surface area contributed by atoms with Crippen LogP contribution in [-0.2, 0) is 6.18 Å². The van der Waals surface area contributed by atoms with Crippen LogP contribution in [0.3, 0.4) is 0 Å². The molecule has 1 saturated carbocycles. The Balaban J connectivity index is 1.33. The van der Waals surface area contributed by atoms with Gasteiger partial charge in [0.2, 0.25) is 0 Å². The highest BCUT2D eigenvalue weighted by Gasteiger charge is 2.45. The molecule has 1 unspecified atom stereocenters. The number of benzene rings is 1. The Morgan fingerprint density at radius 3 is 2.52 bits per heavy atom. The molecule has 1 N–H and O–H groups in total. The molecule has 3 atom stereocenters. The van der Waals surface area contributed by atoms with Gasteiger partial charge in [-0.15, -0.1) is 0 Å². The number of amides is 1. The van der Waals surface area contributed by atoms with Crippen LogP contribution in [0.25, 0.3) is 11.0 Å². The molecule has 5 rings (SSSR count). The van der Waals surface area contributed by atoms with Crippen molar-refractivity contribution in [2.24, 2.45) is 11.8 Å². The summed E-state index contributed by atoms with van der Waals surface area (Å²) in [5.74, 6) is 0.352. The van der Waals surface area contributed by atoms with Crippen LogP contribution in [0.2, 0.25) is 0 Å². The van der Waals surface area contributed by atoms with Gasteiger partial charge >= 0.3 is 6.18 Å². The molecule has 1 aliphatic carbocycles. The molecule has 1 amide bonds. The summed E-state index contributed by atoms with van der Waals surface area (Å²) >= 11 is 0. The molecule has 7 heteroatoms. The van der Waals surface area contributed by atoms with Crippen LogP contribution < -0.4 is 0 Å². The highest BCUT2D eigenvalue weighted by molar-refractivity contribution is 6.06. The summed E-state index contributed by atoms with van der Waals surface area (Å²) in [4.78, 5) is 22.1. The first-order valence-electron chi connectivity index (χ1n) is 9.79. The number of rotatable bonds is 2. The molecule has 0 spiro atoms. The number of aromatic nitrogens is 2. The summed E-state index contributed by atoms with van der Waals surface area (Å²) in [7, 11) is 0. The fourth-order valence-corrected chi connectivity index (χ4v) is 5.13. The Kier molecular flexibility index (Phi) is 4.15. The predicted molar refractivity (Wildman–Crippen MR) is 102 cm³/mol. The highest BCUT2D eigenvalue weighted by Crippen LogP contribution is 2.49. The van der Waals surface area contributed by atoms with Crippen LogP contribution in [0, 0.1) is 11.8 Å². The molecule has 2 fully saturated rings. The van der Waals surface area contributed by atoms with Gasteiger partial charge in [-0.1, -0.05) is 18.2 Å². The fraction of sp³-hybridized carbons (Fsp3) is 0.364. The monoisotopic (exact) mass is 399 g/mol. The van der Waals surface area contributed by atoms with Crippen LogP contribution in [-0.4, -0.2) is 33.9 Å². The van der Waals surface area contributed by atoms with Gasteiger partial charge in [-0.3, -0.25) is 4.79 Å². The molecule has 3 aromatic rings. The van der Waals surface area contributed by atoms with Crippen molar-refractivity contribution < 1.29 is 18.0 Å². The molecule has 2 aromatic heterocycles. The van der Waals surface area contributed by atoms with Gasteiger partial charge in [-0.05, 0) is 54.4 Å². The van der Waals surface area contributed by atoms with E-state index in [1.165, 1.54) is 12.1 Å². The van der Waals surface area contributed by atoms with Crippen LogP contribution in [0.15, 0.2) is 48.8 Å². The Hall–Kier alpha value is -2.83. The van der Waals surface area contributed by atoms with E-state index in [1.807, 2.05) is 11.0 Å². The quantitative estimate of drug-likeness (QED) is 0.670. The Morgan fingerprint density at radius 1 is 1.07 bits per heavy atom. The standard InChI is InChI=1S/C22H20F3N3O/c23-22(24,25)19-6-2-1-4-16(19)13-8-14-11-28(12-15(14)9-13)21(29)18-10-27-20-17(18)5-3-7-26-20/h1-7,10,13-15H,8-9,11-12H2,(H,26,27)/t13?,14-,15+. The fourth-order valence-electron chi connectivity index (χ4n) is 5.13. The first kappa shape index (κ1) is 18.2. The van der Waals surface area contributed by atoms with Crippen molar-refractivity contribution in [1.82, 2.24) is 14.9 Å². The molecule has 0 radical (unpaired) electrons. The van der Waals surface area contributed by atoms with Crippen molar-refractivity contribution in [2.45, 2.75) is 24.9 Å². The van der Waals surface area contributed by atoms with Gasteiger partial charge in [0.05, 0.1) is 11.1 Å². The third-order valence-electron chi connectivity index (χ3n) is 6.43. The molecule has 1 aromatic carbocycles. The van der Waals surface area contributed by atoms with Gasteiger partial charge in [0.1, 0.15) is 5.65 Å². The molecule has 1 aliphatic heterocycles. The SMILES string of the molecule is O=C(c1c[nH]c2ncccc12)N1C[C@H]2CC(c3ccccc3C(F)(F)F)C[C@H]2C1. The van der Waals surface area contributed by atoms with E-state index in [2.05, 4.69) is 9.97 Å². The third kappa shape index (κ3) is 3.09. The lowest BCUT2D eigenvalue weighted by molar-refractivity contribution is -0.138. The Morgan fingerprint density at radius 2 is 1.79 bits per heavy atom. The Bertz CT molecular complexity index is 1060. The molecule has 150 valence electrons. The van der Waals surface area contributed by atoms with Crippen LogP contribution in [0.1, 0.15) is 40.2 Å². The van der Waals surface area contributed by atoms with E-state index in [0.29, 0.717) is 42.7 Å². The molecule has 0 bridgehead atoms. The smallest absolute Gasteiger partial charge is 0.345 e. The van der Waals surface area contributed by atoms with Gasteiger partial charge in [0.25, 0.3) is 5.91 Å². The summed E-state index contributed by atoms with van der Waals surface area (Å²) in [5.41, 5.74) is 1.16. The molecule has 2 aliphatic rings. The number of fused-ring (bicyclic) bond motifs is 2. The van der Waals surface area contributed by atoms with Crippen molar-refractivity contribution in [3.63, 3.8) is 0 Å². The van der Waals surface area contributed by atoms with Gasteiger partial charge < -0.3 is 9.88 Å². The van der Waals surface area contributed by atoms with Crippen LogP contribution in [0.5, 0.6) is 0 Å². The second-order valence-corrected chi connectivity index (χ2v) is 8.09. The molecule has 4 nitrogen and oxygen atoms in total. The van der Waals surface area contributed by atoms with Gasteiger partial charge in [-0.25, -0.2) is 4.98 Å². The third-order valence-corrected chi connectivity index (χ3v) is 6.43. The van der Waals surface area contributed by atoms with Crippen LogP contribution >= 0.6 is 0 Å². The van der Waals surface area contributed by atoms with Gasteiger partial charge in [-0.2, -0.15) is 13.2 Å². The molecular formula is C22H20F3N3O. The van der Waals surface area contributed by atoms with E-state index in [4.69, 9.17) is 0 Å². The minimum atomic E-state index is -4.33. The van der Waals surface area contributed by atoms with E-state index in [1.54, 1.807) is 30.6 Å². The molecular weight excluding hydrogens is 379 g/mol. The zero-order valence-corrected chi connectivity index (χ0v) is 15.6. The second kappa shape index (κ2) is 6.61.